The van der Waals surface area contributed by atoms with Crippen molar-refractivity contribution in [1.82, 2.24) is 19.9 Å². The maximum atomic E-state index is 11.3. The summed E-state index contributed by atoms with van der Waals surface area (Å²) in [6, 6.07) is 5.50. The minimum absolute atomic E-state index is 0.164. The molecular weight excluding hydrogens is 420 g/mol. The van der Waals surface area contributed by atoms with Gasteiger partial charge in [0.1, 0.15) is 17.3 Å². The van der Waals surface area contributed by atoms with Crippen LogP contribution in [0.2, 0.25) is 0 Å². The first-order valence-corrected chi connectivity index (χ1v) is 10.6. The fourth-order valence-corrected chi connectivity index (χ4v) is 3.98. The SMILES string of the molecule is Cc1nc(Nc2nc(OCc3cccnc3)cc(N3CCC(O)CC3)n2)sc1C(=O)O. The lowest BCUT2D eigenvalue weighted by atomic mass is 10.1. The Morgan fingerprint density at radius 3 is 2.81 bits per heavy atom. The Hall–Kier alpha value is -3.31. The third-order valence-corrected chi connectivity index (χ3v) is 5.86. The summed E-state index contributed by atoms with van der Waals surface area (Å²) >= 11 is 1.02. The molecule has 31 heavy (non-hydrogen) atoms. The maximum absolute atomic E-state index is 11.3. The minimum Gasteiger partial charge on any atom is -0.477 e. The molecule has 4 heterocycles. The molecule has 10 nitrogen and oxygen atoms in total. The van der Waals surface area contributed by atoms with Crippen LogP contribution in [-0.4, -0.2) is 55.3 Å². The van der Waals surface area contributed by atoms with Crippen molar-refractivity contribution in [1.29, 1.82) is 0 Å². The molecule has 1 aliphatic heterocycles. The molecule has 0 radical (unpaired) electrons. The summed E-state index contributed by atoms with van der Waals surface area (Å²) in [7, 11) is 0. The monoisotopic (exact) mass is 442 g/mol. The second-order valence-electron chi connectivity index (χ2n) is 7.12. The van der Waals surface area contributed by atoms with Gasteiger partial charge in [-0.1, -0.05) is 17.4 Å². The molecule has 3 N–H and O–H groups in total. The number of aromatic carboxylic acids is 1. The van der Waals surface area contributed by atoms with Crippen LogP contribution in [-0.2, 0) is 6.61 Å². The molecule has 0 unspecified atom stereocenters. The van der Waals surface area contributed by atoms with Crippen molar-refractivity contribution >= 4 is 34.2 Å². The summed E-state index contributed by atoms with van der Waals surface area (Å²) in [5, 5.41) is 22.5. The normalized spacial score (nSPS) is 14.5. The number of rotatable bonds is 7. The largest absolute Gasteiger partial charge is 0.477 e. The standard InChI is InChI=1S/C20H22N6O4S/c1-12-17(18(28)29)31-20(22-12)25-19-23-15(26-7-4-14(27)5-8-26)9-16(24-19)30-11-13-3-2-6-21-10-13/h2-3,6,9-10,14,27H,4-5,7-8,11H2,1H3,(H,28,29)(H,22,23,24,25). The molecule has 4 rings (SSSR count). The third kappa shape index (κ3) is 5.25. The van der Waals surface area contributed by atoms with E-state index in [0.29, 0.717) is 55.1 Å². The van der Waals surface area contributed by atoms with Crippen molar-refractivity contribution in [2.45, 2.75) is 32.5 Å². The molecule has 162 valence electrons. The number of thiazole rings is 1. The average molecular weight is 443 g/mol. The van der Waals surface area contributed by atoms with Crippen LogP contribution in [0.25, 0.3) is 0 Å². The number of nitrogens with zero attached hydrogens (tertiary/aromatic N) is 5. The highest BCUT2D eigenvalue weighted by atomic mass is 32.1. The van der Waals surface area contributed by atoms with Crippen molar-refractivity contribution in [2.24, 2.45) is 0 Å². The lowest BCUT2D eigenvalue weighted by Gasteiger charge is -2.30. The van der Waals surface area contributed by atoms with Gasteiger partial charge < -0.3 is 19.8 Å². The van der Waals surface area contributed by atoms with Crippen LogP contribution in [0.5, 0.6) is 5.88 Å². The Kier molecular flexibility index (Phi) is 6.23. The van der Waals surface area contributed by atoms with Crippen LogP contribution < -0.4 is 15.0 Å². The Bertz CT molecular complexity index is 1050. The number of aryl methyl sites for hydroxylation is 1. The molecule has 3 aromatic rings. The van der Waals surface area contributed by atoms with Gasteiger partial charge in [0.2, 0.25) is 11.8 Å². The average Bonchev–Trinajstić information content (AvgIpc) is 3.13. The number of hydrogen-bond acceptors (Lipinski definition) is 10. The third-order valence-electron chi connectivity index (χ3n) is 4.80. The highest BCUT2D eigenvalue weighted by molar-refractivity contribution is 7.17. The van der Waals surface area contributed by atoms with Crippen molar-refractivity contribution in [3.05, 3.63) is 46.7 Å². The molecule has 0 amide bonds. The molecule has 0 bridgehead atoms. The van der Waals surface area contributed by atoms with Gasteiger partial charge in [0.05, 0.1) is 11.8 Å². The van der Waals surface area contributed by atoms with E-state index in [2.05, 4.69) is 30.2 Å². The minimum atomic E-state index is -1.02. The summed E-state index contributed by atoms with van der Waals surface area (Å²) in [5.41, 5.74) is 1.33. The lowest BCUT2D eigenvalue weighted by Crippen LogP contribution is -2.36. The molecule has 3 aromatic heterocycles. The number of piperidine rings is 1. The Morgan fingerprint density at radius 2 is 2.13 bits per heavy atom. The molecule has 11 heteroatoms. The molecule has 0 atom stereocenters. The van der Waals surface area contributed by atoms with E-state index in [-0.39, 0.29) is 16.9 Å². The van der Waals surface area contributed by atoms with Crippen LogP contribution in [0.15, 0.2) is 30.6 Å². The second kappa shape index (κ2) is 9.23. The molecule has 0 saturated carbocycles. The summed E-state index contributed by atoms with van der Waals surface area (Å²) in [6.45, 7) is 3.27. The summed E-state index contributed by atoms with van der Waals surface area (Å²) in [4.78, 5) is 30.8. The Balaban J connectivity index is 1.59. The van der Waals surface area contributed by atoms with E-state index in [0.717, 1.165) is 16.9 Å². The fourth-order valence-electron chi connectivity index (χ4n) is 3.18. The van der Waals surface area contributed by atoms with Gasteiger partial charge in [-0.05, 0) is 25.8 Å². The van der Waals surface area contributed by atoms with Gasteiger partial charge in [-0.25, -0.2) is 9.78 Å². The first-order chi connectivity index (χ1) is 15.0. The van der Waals surface area contributed by atoms with E-state index in [4.69, 9.17) is 4.74 Å². The van der Waals surface area contributed by atoms with Gasteiger partial charge in [-0.3, -0.25) is 10.3 Å². The number of carboxylic acid groups (broad SMARTS) is 1. The van der Waals surface area contributed by atoms with Gasteiger partial charge in [0, 0.05) is 37.1 Å². The number of nitrogens with one attached hydrogen (secondary N) is 1. The van der Waals surface area contributed by atoms with Gasteiger partial charge in [0.25, 0.3) is 0 Å². The molecule has 1 aliphatic rings. The van der Waals surface area contributed by atoms with Gasteiger partial charge >= 0.3 is 5.97 Å². The number of aromatic nitrogens is 4. The fraction of sp³-hybridized carbons (Fsp3) is 0.350. The predicted octanol–water partition coefficient (Wildman–Crippen LogP) is 2.62. The van der Waals surface area contributed by atoms with E-state index >= 15 is 0 Å². The lowest BCUT2D eigenvalue weighted by molar-refractivity contribution is 0.0701. The zero-order valence-electron chi connectivity index (χ0n) is 16.9. The molecule has 1 fully saturated rings. The molecule has 0 spiro atoms. The zero-order valence-corrected chi connectivity index (χ0v) is 17.7. The number of aliphatic hydroxyl groups is 1. The van der Waals surface area contributed by atoms with E-state index in [1.54, 1.807) is 25.4 Å². The predicted molar refractivity (Wildman–Crippen MR) is 115 cm³/mol. The first kappa shape index (κ1) is 20.9. The van der Waals surface area contributed by atoms with Crippen molar-refractivity contribution in [3.8, 4) is 5.88 Å². The van der Waals surface area contributed by atoms with Gasteiger partial charge in [-0.15, -0.1) is 0 Å². The van der Waals surface area contributed by atoms with E-state index in [1.165, 1.54) is 0 Å². The quantitative estimate of drug-likeness (QED) is 0.501. The second-order valence-corrected chi connectivity index (χ2v) is 8.12. The summed E-state index contributed by atoms with van der Waals surface area (Å²) in [6.07, 6.45) is 4.43. The Morgan fingerprint density at radius 1 is 1.32 bits per heavy atom. The number of hydrogen-bond donors (Lipinski definition) is 3. The Labute approximate surface area is 182 Å². The number of carbonyl (C=O) groups is 1. The molecule has 0 aliphatic carbocycles. The number of aliphatic hydroxyl groups excluding tert-OH is 1. The van der Waals surface area contributed by atoms with Gasteiger partial charge in [-0.2, -0.15) is 9.97 Å². The number of anilines is 3. The highest BCUT2D eigenvalue weighted by Gasteiger charge is 2.21. The topological polar surface area (TPSA) is 134 Å². The molecular formula is C20H22N6O4S. The van der Waals surface area contributed by atoms with Crippen LogP contribution in [0.1, 0.15) is 33.8 Å². The van der Waals surface area contributed by atoms with E-state index in [1.807, 2.05) is 12.1 Å². The van der Waals surface area contributed by atoms with E-state index < -0.39 is 5.97 Å². The summed E-state index contributed by atoms with van der Waals surface area (Å²) < 4.78 is 5.87. The number of pyridine rings is 1. The maximum Gasteiger partial charge on any atom is 0.347 e. The number of ether oxygens (including phenoxy) is 1. The molecule has 0 aromatic carbocycles. The first-order valence-electron chi connectivity index (χ1n) is 9.79. The van der Waals surface area contributed by atoms with Crippen LogP contribution in [0.4, 0.5) is 16.9 Å². The van der Waals surface area contributed by atoms with Gasteiger partial charge in [0.15, 0.2) is 5.13 Å². The van der Waals surface area contributed by atoms with Crippen LogP contribution >= 0.6 is 11.3 Å². The van der Waals surface area contributed by atoms with Crippen molar-refractivity contribution in [3.63, 3.8) is 0 Å². The highest BCUT2D eigenvalue weighted by Crippen LogP contribution is 2.28. The smallest absolute Gasteiger partial charge is 0.347 e. The summed E-state index contributed by atoms with van der Waals surface area (Å²) in [5.74, 6) is 0.270. The zero-order chi connectivity index (χ0) is 21.8. The number of carboxylic acids is 1. The van der Waals surface area contributed by atoms with E-state index in [9.17, 15) is 15.0 Å². The van der Waals surface area contributed by atoms with Crippen molar-refractivity contribution < 1.29 is 19.7 Å². The van der Waals surface area contributed by atoms with Crippen LogP contribution in [0, 0.1) is 6.92 Å². The molecule has 1 saturated heterocycles. The van der Waals surface area contributed by atoms with Crippen LogP contribution in [0.3, 0.4) is 0 Å². The van der Waals surface area contributed by atoms with Crippen molar-refractivity contribution in [2.75, 3.05) is 23.3 Å².